The summed E-state index contributed by atoms with van der Waals surface area (Å²) < 4.78 is 0. The quantitative estimate of drug-likeness (QED) is 0.819. The maximum atomic E-state index is 11.9. The molecule has 0 aliphatic heterocycles. The fourth-order valence-corrected chi connectivity index (χ4v) is 2.01. The molecule has 2 rings (SSSR count). The van der Waals surface area contributed by atoms with E-state index in [-0.39, 0.29) is 30.7 Å². The summed E-state index contributed by atoms with van der Waals surface area (Å²) in [5, 5.41) is 2.95. The van der Waals surface area contributed by atoms with E-state index in [9.17, 15) is 4.79 Å². The molecular weight excluding hydrogens is 297 g/mol. The smallest absolute Gasteiger partial charge is 0.251 e. The first-order valence-corrected chi connectivity index (χ1v) is 6.43. The SMILES string of the molecule is CC(CNC(=O)c1cccc(N)c1)N(C)C1CC1.Cl.Cl. The zero-order chi connectivity index (χ0) is 13.1. The van der Waals surface area contributed by atoms with Crippen molar-refractivity contribution < 1.29 is 4.79 Å². The van der Waals surface area contributed by atoms with Gasteiger partial charge < -0.3 is 11.1 Å². The highest BCUT2D eigenvalue weighted by Gasteiger charge is 2.29. The van der Waals surface area contributed by atoms with Gasteiger partial charge in [-0.2, -0.15) is 0 Å². The molecule has 1 aromatic rings. The highest BCUT2D eigenvalue weighted by atomic mass is 35.5. The number of rotatable bonds is 5. The summed E-state index contributed by atoms with van der Waals surface area (Å²) in [4.78, 5) is 14.3. The number of nitrogens with two attached hydrogens (primary N) is 1. The van der Waals surface area contributed by atoms with E-state index in [1.807, 2.05) is 0 Å². The van der Waals surface area contributed by atoms with Crippen LogP contribution in [0.15, 0.2) is 24.3 Å². The summed E-state index contributed by atoms with van der Waals surface area (Å²) in [7, 11) is 2.12. The summed E-state index contributed by atoms with van der Waals surface area (Å²) in [5.41, 5.74) is 6.90. The Kier molecular flexibility index (Phi) is 7.94. The number of carbonyl (C=O) groups excluding carboxylic acids is 1. The van der Waals surface area contributed by atoms with Gasteiger partial charge in [0.25, 0.3) is 5.91 Å². The van der Waals surface area contributed by atoms with Crippen LogP contribution in [0.5, 0.6) is 0 Å². The number of amides is 1. The Balaban J connectivity index is 0.00000180. The van der Waals surface area contributed by atoms with Gasteiger partial charge in [-0.25, -0.2) is 0 Å². The number of halogens is 2. The van der Waals surface area contributed by atoms with Crippen molar-refractivity contribution in [3.63, 3.8) is 0 Å². The molecule has 1 aliphatic rings. The van der Waals surface area contributed by atoms with Crippen LogP contribution in [0.3, 0.4) is 0 Å². The molecule has 1 unspecified atom stereocenters. The van der Waals surface area contributed by atoms with E-state index in [1.54, 1.807) is 24.3 Å². The number of likely N-dealkylation sites (N-methyl/N-ethyl adjacent to an activating group) is 1. The highest BCUT2D eigenvalue weighted by molar-refractivity contribution is 5.94. The van der Waals surface area contributed by atoms with Gasteiger partial charge in [0.2, 0.25) is 0 Å². The van der Waals surface area contributed by atoms with E-state index in [0.717, 1.165) is 0 Å². The second-order valence-corrected chi connectivity index (χ2v) is 5.08. The van der Waals surface area contributed by atoms with E-state index in [0.29, 0.717) is 29.9 Å². The summed E-state index contributed by atoms with van der Waals surface area (Å²) >= 11 is 0. The third-order valence-electron chi connectivity index (χ3n) is 3.52. The van der Waals surface area contributed by atoms with Crippen LogP contribution in [-0.4, -0.2) is 36.5 Å². The molecule has 0 bridgehead atoms. The molecule has 1 amide bonds. The number of nitrogens with zero attached hydrogens (tertiary/aromatic N) is 1. The van der Waals surface area contributed by atoms with E-state index in [4.69, 9.17) is 5.73 Å². The van der Waals surface area contributed by atoms with E-state index >= 15 is 0 Å². The van der Waals surface area contributed by atoms with Crippen LogP contribution in [0.25, 0.3) is 0 Å². The zero-order valence-electron chi connectivity index (χ0n) is 11.8. The predicted molar refractivity (Wildman–Crippen MR) is 87.9 cm³/mol. The van der Waals surface area contributed by atoms with E-state index in [1.165, 1.54) is 12.8 Å². The summed E-state index contributed by atoms with van der Waals surface area (Å²) in [6, 6.07) is 8.13. The van der Waals surface area contributed by atoms with Crippen molar-refractivity contribution in [3.8, 4) is 0 Å². The molecule has 1 saturated carbocycles. The van der Waals surface area contributed by atoms with Gasteiger partial charge in [0, 0.05) is 29.9 Å². The van der Waals surface area contributed by atoms with Crippen LogP contribution in [0.1, 0.15) is 30.1 Å². The van der Waals surface area contributed by atoms with Gasteiger partial charge in [-0.3, -0.25) is 9.69 Å². The van der Waals surface area contributed by atoms with Gasteiger partial charge in [-0.05, 0) is 45.0 Å². The van der Waals surface area contributed by atoms with Gasteiger partial charge in [-0.1, -0.05) is 6.07 Å². The van der Waals surface area contributed by atoms with Crippen LogP contribution in [0.4, 0.5) is 5.69 Å². The number of nitrogens with one attached hydrogen (secondary N) is 1. The fraction of sp³-hybridized carbons (Fsp3) is 0.500. The highest BCUT2D eigenvalue weighted by Crippen LogP contribution is 2.26. The molecule has 1 aromatic carbocycles. The van der Waals surface area contributed by atoms with Crippen molar-refractivity contribution in [2.45, 2.75) is 31.8 Å². The van der Waals surface area contributed by atoms with Crippen LogP contribution in [-0.2, 0) is 0 Å². The van der Waals surface area contributed by atoms with Crippen LogP contribution >= 0.6 is 24.8 Å². The first-order chi connectivity index (χ1) is 8.58. The van der Waals surface area contributed by atoms with E-state index < -0.39 is 0 Å². The van der Waals surface area contributed by atoms with Gasteiger partial charge in [0.15, 0.2) is 0 Å². The first kappa shape index (κ1) is 19.0. The summed E-state index contributed by atoms with van der Waals surface area (Å²) in [5.74, 6) is -0.0571. The fourth-order valence-electron chi connectivity index (χ4n) is 2.01. The Morgan fingerprint density at radius 1 is 1.45 bits per heavy atom. The van der Waals surface area contributed by atoms with Crippen molar-refractivity contribution in [3.05, 3.63) is 29.8 Å². The average Bonchev–Trinajstić information content (AvgIpc) is 3.18. The van der Waals surface area contributed by atoms with Crippen molar-refractivity contribution in [2.75, 3.05) is 19.3 Å². The lowest BCUT2D eigenvalue weighted by Crippen LogP contribution is -2.41. The number of hydrogen-bond acceptors (Lipinski definition) is 3. The number of anilines is 1. The number of carbonyl (C=O) groups is 1. The topological polar surface area (TPSA) is 58.4 Å². The lowest BCUT2D eigenvalue weighted by atomic mass is 10.2. The maximum absolute atomic E-state index is 11.9. The Morgan fingerprint density at radius 3 is 2.65 bits per heavy atom. The van der Waals surface area contributed by atoms with E-state index in [2.05, 4.69) is 24.2 Å². The Bertz CT molecular complexity index is 438. The summed E-state index contributed by atoms with van der Waals surface area (Å²) in [6.07, 6.45) is 2.56. The van der Waals surface area contributed by atoms with Crippen molar-refractivity contribution in [1.29, 1.82) is 0 Å². The van der Waals surface area contributed by atoms with Gasteiger partial charge in [-0.15, -0.1) is 24.8 Å². The molecule has 4 nitrogen and oxygen atoms in total. The van der Waals surface area contributed by atoms with Gasteiger partial charge in [0.1, 0.15) is 0 Å². The molecule has 114 valence electrons. The monoisotopic (exact) mass is 319 g/mol. The Morgan fingerprint density at radius 2 is 2.10 bits per heavy atom. The summed E-state index contributed by atoms with van der Waals surface area (Å²) in [6.45, 7) is 2.80. The van der Waals surface area contributed by atoms with Crippen LogP contribution in [0.2, 0.25) is 0 Å². The second-order valence-electron chi connectivity index (χ2n) is 5.08. The molecule has 3 N–H and O–H groups in total. The molecule has 20 heavy (non-hydrogen) atoms. The second kappa shape index (κ2) is 8.35. The molecule has 0 aromatic heterocycles. The van der Waals surface area contributed by atoms with Crippen LogP contribution in [0, 0.1) is 0 Å². The minimum atomic E-state index is -0.0571. The molecule has 0 spiro atoms. The number of hydrogen-bond donors (Lipinski definition) is 2. The molecule has 1 fully saturated rings. The standard InChI is InChI=1S/C14H21N3O.2ClH/c1-10(17(2)13-6-7-13)9-16-14(18)11-4-3-5-12(15)8-11;;/h3-5,8,10,13H,6-7,9,15H2,1-2H3,(H,16,18);2*1H. The average molecular weight is 320 g/mol. The molecule has 1 aliphatic carbocycles. The Labute approximate surface area is 132 Å². The van der Waals surface area contributed by atoms with Crippen LogP contribution < -0.4 is 11.1 Å². The lowest BCUT2D eigenvalue weighted by Gasteiger charge is -2.24. The van der Waals surface area contributed by atoms with Gasteiger partial charge >= 0.3 is 0 Å². The van der Waals surface area contributed by atoms with Gasteiger partial charge in [0.05, 0.1) is 0 Å². The zero-order valence-corrected chi connectivity index (χ0v) is 13.5. The third-order valence-corrected chi connectivity index (χ3v) is 3.52. The molecule has 0 heterocycles. The van der Waals surface area contributed by atoms with Crippen molar-refractivity contribution in [2.24, 2.45) is 0 Å². The molecule has 1 atom stereocenters. The normalized spacial score (nSPS) is 14.9. The minimum absolute atomic E-state index is 0. The first-order valence-electron chi connectivity index (χ1n) is 6.43. The molecule has 0 radical (unpaired) electrons. The largest absolute Gasteiger partial charge is 0.399 e. The Hall–Kier alpha value is -0.970. The lowest BCUT2D eigenvalue weighted by molar-refractivity contribution is 0.0939. The molecular formula is C14H23Cl2N3O. The predicted octanol–water partition coefficient (Wildman–Crippen LogP) is 2.32. The molecule has 6 heteroatoms. The number of benzene rings is 1. The molecule has 0 saturated heterocycles. The minimum Gasteiger partial charge on any atom is -0.399 e. The maximum Gasteiger partial charge on any atom is 0.251 e. The number of nitrogen functional groups attached to an aromatic ring is 1. The van der Waals surface area contributed by atoms with Crippen molar-refractivity contribution in [1.82, 2.24) is 10.2 Å². The third kappa shape index (κ3) is 5.19. The van der Waals surface area contributed by atoms with Crippen molar-refractivity contribution >= 4 is 36.4 Å².